The summed E-state index contributed by atoms with van der Waals surface area (Å²) in [6.07, 6.45) is 1.53. The summed E-state index contributed by atoms with van der Waals surface area (Å²) in [6.45, 7) is 0. The number of carbonyl (C=O) groups is 1. The molecule has 0 aromatic carbocycles. The number of hydrogen-bond donors (Lipinski definition) is 2. The van der Waals surface area contributed by atoms with Crippen LogP contribution in [0.4, 0.5) is 0 Å². The van der Waals surface area contributed by atoms with E-state index in [0.717, 1.165) is 0 Å². The van der Waals surface area contributed by atoms with Gasteiger partial charge < -0.3 is 10.9 Å². The Morgan fingerprint density at radius 2 is 2.50 bits per heavy atom. The molecule has 4 heteroatoms. The fourth-order valence-corrected chi connectivity index (χ4v) is 0.0493. The van der Waals surface area contributed by atoms with Crippen molar-refractivity contribution in [1.82, 2.24) is 0 Å². The van der Waals surface area contributed by atoms with Gasteiger partial charge in [-0.15, -0.1) is 0 Å². The van der Waals surface area contributed by atoms with Gasteiger partial charge in [-0.05, 0) is 0 Å². The molecule has 1 radical (unpaired) electrons. The molecular weight excluding hydrogens is 84.0 g/mol. The molecule has 0 heterocycles. The Kier molecular flexibility index (Phi) is 1.81. The lowest BCUT2D eigenvalue weighted by Gasteiger charge is -1.66. The SMILES string of the molecule is NC(=O)/[C]=N/O. The second-order valence-electron chi connectivity index (χ2n) is 0.576. The van der Waals surface area contributed by atoms with Crippen molar-refractivity contribution in [1.29, 1.82) is 0 Å². The summed E-state index contributed by atoms with van der Waals surface area (Å²) < 4.78 is 0. The van der Waals surface area contributed by atoms with Crippen LogP contribution in [0.25, 0.3) is 0 Å². The van der Waals surface area contributed by atoms with Gasteiger partial charge in [0.05, 0.1) is 0 Å². The van der Waals surface area contributed by atoms with E-state index in [2.05, 4.69) is 10.9 Å². The maximum atomic E-state index is 9.46. The Labute approximate surface area is 34.2 Å². The molecule has 0 aromatic rings. The smallest absolute Gasteiger partial charge is 0.273 e. The molecule has 0 spiro atoms. The molecule has 0 aliphatic heterocycles. The highest BCUT2D eigenvalue weighted by Crippen LogP contribution is 1.45. The van der Waals surface area contributed by atoms with E-state index in [-0.39, 0.29) is 0 Å². The quantitative estimate of drug-likeness (QED) is 0.239. The number of hydrogen-bond acceptors (Lipinski definition) is 3. The summed E-state index contributed by atoms with van der Waals surface area (Å²) in [7, 11) is 0. The number of amides is 1. The van der Waals surface area contributed by atoms with E-state index in [1.54, 1.807) is 0 Å². The Bertz CT molecular complexity index is 77.6. The predicted octanol–water partition coefficient (Wildman–Crippen LogP) is -1.19. The largest absolute Gasteiger partial charge is 0.410 e. The lowest BCUT2D eigenvalue weighted by atomic mass is 10.7. The fraction of sp³-hybridized carbons (Fsp3) is 0. The van der Waals surface area contributed by atoms with E-state index in [1.807, 2.05) is 0 Å². The maximum Gasteiger partial charge on any atom is 0.273 e. The summed E-state index contributed by atoms with van der Waals surface area (Å²) in [5.41, 5.74) is 4.40. The van der Waals surface area contributed by atoms with Crippen LogP contribution in [0, 0.1) is 0 Å². The summed E-state index contributed by atoms with van der Waals surface area (Å²) in [5, 5.41) is 9.66. The molecule has 0 rings (SSSR count). The molecule has 0 aliphatic carbocycles. The second kappa shape index (κ2) is 2.19. The summed E-state index contributed by atoms with van der Waals surface area (Å²) in [4.78, 5) is 9.46. The molecule has 0 bridgehead atoms. The van der Waals surface area contributed by atoms with Gasteiger partial charge in [-0.25, -0.2) is 0 Å². The van der Waals surface area contributed by atoms with Crippen LogP contribution in [0.1, 0.15) is 0 Å². The first-order valence-electron chi connectivity index (χ1n) is 1.17. The summed E-state index contributed by atoms with van der Waals surface area (Å²) in [5.74, 6) is -0.877. The second-order valence-corrected chi connectivity index (χ2v) is 0.576. The van der Waals surface area contributed by atoms with E-state index in [1.165, 1.54) is 6.21 Å². The van der Waals surface area contributed by atoms with Crippen molar-refractivity contribution in [2.24, 2.45) is 10.9 Å². The fourth-order valence-electron chi connectivity index (χ4n) is 0.0493. The Morgan fingerprint density at radius 1 is 2.00 bits per heavy atom. The van der Waals surface area contributed by atoms with Crippen molar-refractivity contribution < 1.29 is 10.0 Å². The molecule has 0 saturated heterocycles. The van der Waals surface area contributed by atoms with E-state index in [9.17, 15) is 4.79 Å². The monoisotopic (exact) mass is 87.0 g/mol. The van der Waals surface area contributed by atoms with Crippen LogP contribution in [0.2, 0.25) is 0 Å². The molecule has 1 amide bonds. The Hall–Kier alpha value is -1.06. The molecule has 3 N–H and O–H groups in total. The number of nitrogens with two attached hydrogens (primary N) is 1. The highest BCUT2D eigenvalue weighted by molar-refractivity contribution is 6.25. The van der Waals surface area contributed by atoms with Gasteiger partial charge in [0.25, 0.3) is 5.91 Å². The lowest BCUT2D eigenvalue weighted by molar-refractivity contribution is -0.111. The molecule has 33 valence electrons. The third-order valence-electron chi connectivity index (χ3n) is 0.160. The zero-order chi connectivity index (χ0) is 4.99. The minimum atomic E-state index is -0.877. The highest BCUT2D eigenvalue weighted by atomic mass is 16.4. The van der Waals surface area contributed by atoms with Crippen molar-refractivity contribution in [2.45, 2.75) is 0 Å². The van der Waals surface area contributed by atoms with Crippen LogP contribution in [0.3, 0.4) is 0 Å². The summed E-state index contributed by atoms with van der Waals surface area (Å²) >= 11 is 0. The van der Waals surface area contributed by atoms with Crippen molar-refractivity contribution in [3.63, 3.8) is 0 Å². The standard InChI is InChI=1S/C2H3N2O2/c3-2(5)1-4-6/h6H,(H2,3,5). The lowest BCUT2D eigenvalue weighted by Crippen LogP contribution is -2.10. The average Bonchev–Trinajstić information content (AvgIpc) is 1.35. The van der Waals surface area contributed by atoms with Gasteiger partial charge in [0.2, 0.25) is 6.21 Å². The summed E-state index contributed by atoms with van der Waals surface area (Å²) in [6, 6.07) is 0. The van der Waals surface area contributed by atoms with Crippen molar-refractivity contribution in [2.75, 3.05) is 0 Å². The molecule has 4 nitrogen and oxygen atoms in total. The van der Waals surface area contributed by atoms with Crippen LogP contribution in [-0.4, -0.2) is 17.3 Å². The van der Waals surface area contributed by atoms with Gasteiger partial charge in [-0.3, -0.25) is 4.79 Å². The predicted molar refractivity (Wildman–Crippen MR) is 18.4 cm³/mol. The van der Waals surface area contributed by atoms with Gasteiger partial charge in [0, 0.05) is 0 Å². The molecule has 0 unspecified atom stereocenters. The molecule has 6 heavy (non-hydrogen) atoms. The van der Waals surface area contributed by atoms with Crippen molar-refractivity contribution in [3.05, 3.63) is 0 Å². The Morgan fingerprint density at radius 3 is 2.50 bits per heavy atom. The number of nitrogens with zero attached hydrogens (tertiary/aromatic N) is 1. The minimum Gasteiger partial charge on any atom is -0.410 e. The van der Waals surface area contributed by atoms with E-state index in [0.29, 0.717) is 0 Å². The van der Waals surface area contributed by atoms with Gasteiger partial charge in [-0.2, -0.15) is 0 Å². The normalized spacial score (nSPS) is 9.33. The van der Waals surface area contributed by atoms with Crippen LogP contribution < -0.4 is 5.73 Å². The molecule has 0 atom stereocenters. The molecule has 0 fully saturated rings. The number of carbonyl (C=O) groups excluding carboxylic acids is 1. The van der Waals surface area contributed by atoms with Gasteiger partial charge in [0.15, 0.2) is 0 Å². The third kappa shape index (κ3) is 2.94. The first-order valence-corrected chi connectivity index (χ1v) is 1.17. The minimum absolute atomic E-state index is 0.877. The van der Waals surface area contributed by atoms with Crippen LogP contribution >= 0.6 is 0 Å². The van der Waals surface area contributed by atoms with Crippen LogP contribution in [0.5, 0.6) is 0 Å². The third-order valence-corrected chi connectivity index (χ3v) is 0.160. The van der Waals surface area contributed by atoms with Gasteiger partial charge >= 0.3 is 0 Å². The van der Waals surface area contributed by atoms with Crippen LogP contribution in [-0.2, 0) is 4.79 Å². The number of primary amides is 1. The first kappa shape index (κ1) is 4.94. The zero-order valence-corrected chi connectivity index (χ0v) is 2.88. The topological polar surface area (TPSA) is 75.7 Å². The molecule has 0 aromatic heterocycles. The average molecular weight is 87.1 g/mol. The molecular formula is C2H3N2O2. The van der Waals surface area contributed by atoms with E-state index in [4.69, 9.17) is 5.21 Å². The van der Waals surface area contributed by atoms with E-state index < -0.39 is 5.91 Å². The van der Waals surface area contributed by atoms with Crippen LogP contribution in [0.15, 0.2) is 5.16 Å². The number of rotatable bonds is 1. The van der Waals surface area contributed by atoms with Crippen molar-refractivity contribution in [3.8, 4) is 0 Å². The van der Waals surface area contributed by atoms with Crippen molar-refractivity contribution >= 4 is 12.1 Å². The molecule has 0 aliphatic rings. The van der Waals surface area contributed by atoms with E-state index >= 15 is 0 Å². The highest BCUT2D eigenvalue weighted by Gasteiger charge is 1.79. The zero-order valence-electron chi connectivity index (χ0n) is 2.88. The first-order chi connectivity index (χ1) is 2.77. The maximum absolute atomic E-state index is 9.46. The molecule has 0 saturated carbocycles. The Balaban J connectivity index is 3.30. The van der Waals surface area contributed by atoms with Gasteiger partial charge in [0.1, 0.15) is 0 Å². The van der Waals surface area contributed by atoms with Gasteiger partial charge in [-0.1, -0.05) is 5.16 Å².